The van der Waals surface area contributed by atoms with Gasteiger partial charge in [0.05, 0.1) is 24.7 Å². The molecule has 0 amide bonds. The molecule has 0 bridgehead atoms. The number of halogens is 42. The number of aliphatic hydroxyl groups is 2. The van der Waals surface area contributed by atoms with Crippen molar-refractivity contribution in [1.29, 1.82) is 0 Å². The van der Waals surface area contributed by atoms with Gasteiger partial charge in [-0.05, 0) is 0 Å². The zero-order valence-electron chi connectivity index (χ0n) is 32.5. The fourth-order valence-electron chi connectivity index (χ4n) is 4.74. The number of hydrogen-bond acceptors (Lipinski definition) is 6. The molecule has 0 saturated heterocycles. The molecule has 0 radical (unpaired) electrons. The zero-order chi connectivity index (χ0) is 62.3. The van der Waals surface area contributed by atoms with E-state index in [0.717, 1.165) is 0 Å². The molecule has 0 aromatic carbocycles. The van der Waals surface area contributed by atoms with Gasteiger partial charge in [0.25, 0.3) is 0 Å². The molecule has 0 heterocycles. The highest BCUT2D eigenvalue weighted by Crippen LogP contribution is 2.69. The predicted octanol–water partition coefficient (Wildman–Crippen LogP) is 11.3. The molecule has 0 unspecified atom stereocenters. The van der Waals surface area contributed by atoms with Gasteiger partial charge in [0, 0.05) is 5.41 Å². The molecule has 0 aliphatic carbocycles. The van der Waals surface area contributed by atoms with E-state index in [0.29, 0.717) is 0 Å². The summed E-state index contributed by atoms with van der Waals surface area (Å²) in [5.41, 5.74) is -5.60. The number of alkyl halides is 42. The van der Waals surface area contributed by atoms with Gasteiger partial charge in [-0.1, -0.05) is 0 Å². The van der Waals surface area contributed by atoms with Crippen LogP contribution in [0.2, 0.25) is 0 Å². The summed E-state index contributed by atoms with van der Waals surface area (Å²) in [5.74, 6) is -165. The molecule has 452 valence electrons. The monoisotopic (exact) mass is 1270 g/mol. The van der Waals surface area contributed by atoms with Crippen molar-refractivity contribution < 1.29 is 211 Å². The third-order valence-electron chi connectivity index (χ3n) is 9.41. The molecule has 2 N–H and O–H groups in total. The van der Waals surface area contributed by atoms with Gasteiger partial charge in [-0.25, -0.2) is 16.8 Å². The first-order valence-electron chi connectivity index (χ1n) is 16.1. The van der Waals surface area contributed by atoms with Crippen molar-refractivity contribution in [1.82, 2.24) is 0 Å². The highest BCUT2D eigenvalue weighted by atomic mass is 32.2. The van der Waals surface area contributed by atoms with Crippen molar-refractivity contribution in [3.05, 3.63) is 0 Å². The second-order valence-electron chi connectivity index (χ2n) is 14.6. The van der Waals surface area contributed by atoms with Crippen LogP contribution in [0.5, 0.6) is 0 Å². The number of hydrogen-bond donors (Lipinski definition) is 2. The SMILES string of the molecule is O=S(=O)(CC(CO)(CO)CS(=O)(=O)C(F)(F)C(F)(F)C(F)(F)C(F)(F)C(F)(F)C(F)(F)C(F)(F)C(F)(F)C(F)(F)C(F)(F)F)C(F)(F)C(F)(F)C(F)(F)C(F)(F)C(F)(F)C(F)(F)C(F)(F)C(F)(F)C(F)(F)C(F)(F)F. The Bertz CT molecular complexity index is 2150. The molecule has 0 fully saturated rings. The van der Waals surface area contributed by atoms with Crippen molar-refractivity contribution in [3.63, 3.8) is 0 Å². The van der Waals surface area contributed by atoms with Crippen LogP contribution in [0.25, 0.3) is 0 Å². The largest absolute Gasteiger partial charge is 0.460 e. The molecule has 50 heteroatoms. The molecule has 0 rings (SSSR count). The molecule has 0 aliphatic heterocycles. The van der Waals surface area contributed by atoms with Crippen LogP contribution in [0.15, 0.2) is 0 Å². The van der Waals surface area contributed by atoms with Crippen molar-refractivity contribution in [2.45, 2.75) is 118 Å². The molecule has 0 aromatic rings. The van der Waals surface area contributed by atoms with Gasteiger partial charge in [-0.15, -0.1) is 0 Å². The third-order valence-corrected chi connectivity index (χ3v) is 13.5. The van der Waals surface area contributed by atoms with E-state index in [9.17, 15) is 201 Å². The lowest BCUT2D eigenvalue weighted by Crippen LogP contribution is -2.77. The molecular formula is C25H10F42O6S2. The van der Waals surface area contributed by atoms with Gasteiger partial charge < -0.3 is 10.2 Å². The minimum atomic E-state index is -10.1. The normalized spacial score (nSPS) is 17.2. The summed E-state index contributed by atoms with van der Waals surface area (Å²) in [6.45, 7) is -7.34. The summed E-state index contributed by atoms with van der Waals surface area (Å²) in [6.07, 6.45) is -16.9. The van der Waals surface area contributed by atoms with Gasteiger partial charge in [0.1, 0.15) is 0 Å². The number of aliphatic hydroxyl groups excluding tert-OH is 2. The lowest BCUT2D eigenvalue weighted by Gasteiger charge is -2.44. The lowest BCUT2D eigenvalue weighted by atomic mass is 9.87. The summed E-state index contributed by atoms with van der Waals surface area (Å²) in [7, 11) is -18.5. The second-order valence-corrected chi connectivity index (χ2v) is 18.6. The minimum absolute atomic E-state index is 3.67. The molecule has 75 heavy (non-hydrogen) atoms. The Kier molecular flexibility index (Phi) is 17.2. The van der Waals surface area contributed by atoms with Crippen LogP contribution in [0.3, 0.4) is 0 Å². The molecule has 0 aliphatic rings. The van der Waals surface area contributed by atoms with E-state index in [4.69, 9.17) is 10.2 Å². The summed E-state index contributed by atoms with van der Waals surface area (Å²) in [4.78, 5) is 0. The van der Waals surface area contributed by atoms with Gasteiger partial charge in [-0.3, -0.25) is 0 Å². The predicted molar refractivity (Wildman–Crippen MR) is 145 cm³/mol. The molecule has 0 atom stereocenters. The Balaban J connectivity index is 7.89. The highest BCUT2D eigenvalue weighted by molar-refractivity contribution is 7.93. The maximum atomic E-state index is 14.7. The van der Waals surface area contributed by atoms with Crippen LogP contribution in [-0.2, 0) is 19.7 Å². The van der Waals surface area contributed by atoms with Crippen LogP contribution in [-0.4, -0.2) is 169 Å². The molecule has 0 saturated carbocycles. The van der Waals surface area contributed by atoms with E-state index < -0.39 is 167 Å². The first-order valence-corrected chi connectivity index (χ1v) is 19.4. The first-order chi connectivity index (χ1) is 31.5. The summed E-state index contributed by atoms with van der Waals surface area (Å²) >= 11 is 0. The van der Waals surface area contributed by atoms with Crippen molar-refractivity contribution in [2.24, 2.45) is 5.41 Å². The third kappa shape index (κ3) is 8.85. The van der Waals surface area contributed by atoms with E-state index in [1.165, 1.54) is 0 Å². The fraction of sp³-hybridized carbons (Fsp3) is 1.00. The van der Waals surface area contributed by atoms with Crippen LogP contribution in [0, 0.1) is 5.41 Å². The first kappa shape index (κ1) is 71.9. The van der Waals surface area contributed by atoms with Crippen molar-refractivity contribution in [3.8, 4) is 0 Å². The van der Waals surface area contributed by atoms with Crippen LogP contribution in [0.1, 0.15) is 0 Å². The number of sulfone groups is 2. The summed E-state index contributed by atoms with van der Waals surface area (Å²) < 4.78 is 623. The smallest absolute Gasteiger partial charge is 0.396 e. The maximum absolute atomic E-state index is 14.7. The fourth-order valence-corrected chi connectivity index (χ4v) is 8.45. The van der Waals surface area contributed by atoms with Gasteiger partial charge in [-0.2, -0.15) is 184 Å². The number of rotatable bonds is 24. The maximum Gasteiger partial charge on any atom is 0.460 e. The minimum Gasteiger partial charge on any atom is -0.396 e. The van der Waals surface area contributed by atoms with Crippen molar-refractivity contribution in [2.75, 3.05) is 24.7 Å². The molecule has 0 aromatic heterocycles. The van der Waals surface area contributed by atoms with Gasteiger partial charge >= 0.3 is 118 Å². The van der Waals surface area contributed by atoms with Gasteiger partial charge in [0.15, 0.2) is 0 Å². The standard InChI is InChI=1S/C25H10F42O6S2/c26-6(27,10(34,35)14(42,43)18(50,51)22(58,59)60)8(30,31)12(38,39)16(46,47)20(54,55)24(64,65)74(70,71)3-5(1-68,2-69)4-75(72,73)25(66,67)21(56,57)17(48,49)13(40,41)9(32,33)7(28,29)11(36,37)15(44,45)19(52,53)23(61,62)63/h68-69H,1-4H2. The Labute approximate surface area is 379 Å². The Morgan fingerprint density at radius 3 is 0.453 bits per heavy atom. The Hall–Kier alpha value is -3.12. The lowest BCUT2D eigenvalue weighted by molar-refractivity contribution is -0.472. The summed E-state index contributed by atoms with van der Waals surface area (Å²) in [5, 5.41) is 0.0248. The Morgan fingerprint density at radius 2 is 0.333 bits per heavy atom. The molecule has 6 nitrogen and oxygen atoms in total. The van der Waals surface area contributed by atoms with E-state index in [2.05, 4.69) is 0 Å². The average molecular weight is 1270 g/mol. The van der Waals surface area contributed by atoms with Crippen LogP contribution >= 0.6 is 0 Å². The Morgan fingerprint density at radius 1 is 0.213 bits per heavy atom. The average Bonchev–Trinajstić information content (AvgIpc) is 3.17. The quantitative estimate of drug-likeness (QED) is 0.0932. The van der Waals surface area contributed by atoms with Crippen LogP contribution < -0.4 is 0 Å². The molecular weight excluding hydrogens is 1260 g/mol. The van der Waals surface area contributed by atoms with Crippen LogP contribution in [0.4, 0.5) is 184 Å². The van der Waals surface area contributed by atoms with Crippen molar-refractivity contribution >= 4 is 19.7 Å². The van der Waals surface area contributed by atoms with E-state index >= 15 is 0 Å². The van der Waals surface area contributed by atoms with Gasteiger partial charge in [0.2, 0.25) is 19.7 Å². The van der Waals surface area contributed by atoms with E-state index in [1.807, 2.05) is 0 Å². The zero-order valence-corrected chi connectivity index (χ0v) is 34.2. The highest BCUT2D eigenvalue weighted by Gasteiger charge is 3.01. The topological polar surface area (TPSA) is 109 Å². The van der Waals surface area contributed by atoms with E-state index in [1.54, 1.807) is 0 Å². The molecule has 0 spiro atoms. The summed E-state index contributed by atoms with van der Waals surface area (Å²) in [6, 6.07) is 0. The second kappa shape index (κ2) is 17.9. The van der Waals surface area contributed by atoms with E-state index in [-0.39, 0.29) is 0 Å².